The van der Waals surface area contributed by atoms with E-state index in [-0.39, 0.29) is 17.7 Å². The van der Waals surface area contributed by atoms with E-state index in [1.165, 1.54) is 7.11 Å². The summed E-state index contributed by atoms with van der Waals surface area (Å²) in [6.07, 6.45) is 3.68. The molecule has 0 bridgehead atoms. The van der Waals surface area contributed by atoms with Crippen LogP contribution in [0.4, 0.5) is 0 Å². The first-order valence-corrected chi connectivity index (χ1v) is 6.77. The fraction of sp³-hybridized carbons (Fsp3) is 0.571. The normalized spacial score (nSPS) is 35.4. The number of amides is 2. The molecule has 0 aromatic heterocycles. The monoisotopic (exact) mass is 277 g/mol. The van der Waals surface area contributed by atoms with Crippen molar-refractivity contribution in [2.45, 2.75) is 32.2 Å². The van der Waals surface area contributed by atoms with Crippen molar-refractivity contribution in [3.63, 3.8) is 0 Å². The molecule has 0 spiro atoms. The van der Waals surface area contributed by atoms with Gasteiger partial charge in [0.2, 0.25) is 5.91 Å². The van der Waals surface area contributed by atoms with Gasteiger partial charge < -0.3 is 15.4 Å². The molecule has 1 fully saturated rings. The first kappa shape index (κ1) is 13.2. The number of carbonyl (C=O) groups excluding carboxylic acids is 2. The topological polar surface area (TPSA) is 70.7 Å². The Morgan fingerprint density at radius 3 is 2.70 bits per heavy atom. The van der Waals surface area contributed by atoms with Crippen LogP contribution in [0.1, 0.15) is 20.8 Å². The predicted molar refractivity (Wildman–Crippen MR) is 72.1 cm³/mol. The van der Waals surface area contributed by atoms with Crippen molar-refractivity contribution in [3.8, 4) is 0 Å². The highest BCUT2D eigenvalue weighted by Gasteiger charge is 2.68. The SMILES string of the molecule is COC12NC(=O)C(C)(C(C)C)N1C(=O)C1=C2NCC=C1. The average Bonchev–Trinajstić information content (AvgIpc) is 2.82. The van der Waals surface area contributed by atoms with Crippen molar-refractivity contribution in [2.24, 2.45) is 5.92 Å². The lowest BCUT2D eigenvalue weighted by atomic mass is 9.87. The van der Waals surface area contributed by atoms with Crippen molar-refractivity contribution in [3.05, 3.63) is 23.4 Å². The van der Waals surface area contributed by atoms with E-state index >= 15 is 0 Å². The summed E-state index contributed by atoms with van der Waals surface area (Å²) in [5.74, 6) is -1.60. The molecule has 0 radical (unpaired) electrons. The summed E-state index contributed by atoms with van der Waals surface area (Å²) < 4.78 is 5.60. The van der Waals surface area contributed by atoms with Crippen LogP contribution in [0.2, 0.25) is 0 Å². The van der Waals surface area contributed by atoms with E-state index < -0.39 is 11.4 Å². The molecule has 0 aromatic carbocycles. The van der Waals surface area contributed by atoms with Gasteiger partial charge in [-0.1, -0.05) is 19.9 Å². The standard InChI is InChI=1S/C14H19N3O3/c1-8(2)13(3)12(19)16-14(20-4)10-9(6-5-7-15-10)11(18)17(13)14/h5-6,8,15H,7H2,1-4H3,(H,16,19). The summed E-state index contributed by atoms with van der Waals surface area (Å²) in [6, 6.07) is 0. The van der Waals surface area contributed by atoms with Crippen molar-refractivity contribution >= 4 is 11.8 Å². The number of methoxy groups -OCH3 is 1. The highest BCUT2D eigenvalue weighted by molar-refractivity contribution is 6.07. The van der Waals surface area contributed by atoms with Gasteiger partial charge in [-0.15, -0.1) is 0 Å². The van der Waals surface area contributed by atoms with Gasteiger partial charge in [0.25, 0.3) is 11.8 Å². The van der Waals surface area contributed by atoms with Crippen LogP contribution in [0, 0.1) is 5.92 Å². The van der Waals surface area contributed by atoms with E-state index in [0.29, 0.717) is 17.8 Å². The van der Waals surface area contributed by atoms with Crippen LogP contribution >= 0.6 is 0 Å². The number of rotatable bonds is 2. The van der Waals surface area contributed by atoms with Gasteiger partial charge in [0, 0.05) is 13.7 Å². The second-order valence-corrected chi connectivity index (χ2v) is 5.82. The summed E-state index contributed by atoms with van der Waals surface area (Å²) in [7, 11) is 1.50. The fourth-order valence-electron chi connectivity index (χ4n) is 3.18. The summed E-state index contributed by atoms with van der Waals surface area (Å²) >= 11 is 0. The molecule has 2 amide bonds. The van der Waals surface area contributed by atoms with E-state index in [0.717, 1.165) is 0 Å². The van der Waals surface area contributed by atoms with Crippen LogP contribution < -0.4 is 10.6 Å². The van der Waals surface area contributed by atoms with E-state index in [9.17, 15) is 9.59 Å². The number of nitrogens with one attached hydrogen (secondary N) is 2. The van der Waals surface area contributed by atoms with E-state index in [2.05, 4.69) is 10.6 Å². The van der Waals surface area contributed by atoms with Gasteiger partial charge in [-0.05, 0) is 18.9 Å². The molecule has 6 nitrogen and oxygen atoms in total. The average molecular weight is 277 g/mol. The molecule has 108 valence electrons. The van der Waals surface area contributed by atoms with Gasteiger partial charge >= 0.3 is 0 Å². The highest BCUT2D eigenvalue weighted by atomic mass is 16.5. The van der Waals surface area contributed by atoms with Gasteiger partial charge in [-0.25, -0.2) is 0 Å². The first-order chi connectivity index (χ1) is 9.39. The Morgan fingerprint density at radius 2 is 2.10 bits per heavy atom. The Balaban J connectivity index is 2.21. The third-order valence-corrected chi connectivity index (χ3v) is 4.66. The van der Waals surface area contributed by atoms with Crippen molar-refractivity contribution in [1.29, 1.82) is 0 Å². The van der Waals surface area contributed by atoms with Crippen LogP contribution in [0.5, 0.6) is 0 Å². The Kier molecular flexibility index (Phi) is 2.54. The molecule has 3 rings (SSSR count). The quantitative estimate of drug-likeness (QED) is 0.750. The zero-order valence-corrected chi connectivity index (χ0v) is 12.1. The minimum Gasteiger partial charge on any atom is -0.379 e. The maximum atomic E-state index is 12.8. The molecule has 0 aliphatic carbocycles. The Labute approximate surface area is 117 Å². The van der Waals surface area contributed by atoms with Crippen molar-refractivity contribution in [1.82, 2.24) is 15.5 Å². The van der Waals surface area contributed by atoms with Crippen LogP contribution in [0.3, 0.4) is 0 Å². The second-order valence-electron chi connectivity index (χ2n) is 5.82. The van der Waals surface area contributed by atoms with Gasteiger partial charge in [0.05, 0.1) is 5.57 Å². The molecule has 20 heavy (non-hydrogen) atoms. The minimum atomic E-state index is -1.20. The second kappa shape index (κ2) is 3.85. The fourth-order valence-corrected chi connectivity index (χ4v) is 3.18. The molecule has 3 aliphatic heterocycles. The zero-order valence-electron chi connectivity index (χ0n) is 12.1. The van der Waals surface area contributed by atoms with Crippen LogP contribution in [0.15, 0.2) is 23.4 Å². The highest BCUT2D eigenvalue weighted by Crippen LogP contribution is 2.46. The molecular weight excluding hydrogens is 258 g/mol. The lowest BCUT2D eigenvalue weighted by Crippen LogP contribution is -2.60. The molecule has 3 aliphatic rings. The molecule has 1 saturated heterocycles. The molecule has 2 N–H and O–H groups in total. The Morgan fingerprint density at radius 1 is 1.40 bits per heavy atom. The lowest BCUT2D eigenvalue weighted by Gasteiger charge is -2.40. The van der Waals surface area contributed by atoms with Crippen molar-refractivity contribution < 1.29 is 14.3 Å². The summed E-state index contributed by atoms with van der Waals surface area (Å²) in [4.78, 5) is 26.8. The van der Waals surface area contributed by atoms with Gasteiger partial charge in [0.15, 0.2) is 0 Å². The summed E-state index contributed by atoms with van der Waals surface area (Å²) in [5.41, 5.74) is 0.259. The first-order valence-electron chi connectivity index (χ1n) is 6.77. The van der Waals surface area contributed by atoms with Crippen LogP contribution in [-0.2, 0) is 14.3 Å². The maximum Gasteiger partial charge on any atom is 0.268 e. The summed E-state index contributed by atoms with van der Waals surface area (Å²) in [6.45, 7) is 6.26. The number of hydrogen-bond donors (Lipinski definition) is 2. The Bertz CT molecular complexity index is 566. The number of nitrogens with zero attached hydrogens (tertiary/aromatic N) is 1. The third-order valence-electron chi connectivity index (χ3n) is 4.66. The molecular formula is C14H19N3O3. The maximum absolute atomic E-state index is 12.8. The van der Waals surface area contributed by atoms with Gasteiger partial charge in [-0.3, -0.25) is 14.5 Å². The molecule has 0 aromatic rings. The largest absolute Gasteiger partial charge is 0.379 e. The van der Waals surface area contributed by atoms with Crippen LogP contribution in [0.25, 0.3) is 0 Å². The molecule has 6 heteroatoms. The zero-order chi connectivity index (χ0) is 14.7. The number of fused-ring (bicyclic) bond motifs is 2. The number of carbonyl (C=O) groups is 2. The number of dihydropyridines is 1. The Hall–Kier alpha value is -1.82. The molecule has 3 heterocycles. The summed E-state index contributed by atoms with van der Waals surface area (Å²) in [5, 5.41) is 6.03. The van der Waals surface area contributed by atoms with Crippen LogP contribution in [-0.4, -0.2) is 41.8 Å². The van der Waals surface area contributed by atoms with Crippen molar-refractivity contribution in [2.75, 3.05) is 13.7 Å². The molecule has 2 unspecified atom stereocenters. The predicted octanol–water partition coefficient (Wildman–Crippen LogP) is 0.0868. The third kappa shape index (κ3) is 1.22. The molecule has 2 atom stereocenters. The van der Waals surface area contributed by atoms with Gasteiger partial charge in [-0.2, -0.15) is 0 Å². The lowest BCUT2D eigenvalue weighted by molar-refractivity contribution is -0.159. The smallest absolute Gasteiger partial charge is 0.268 e. The van der Waals surface area contributed by atoms with E-state index in [1.807, 2.05) is 19.9 Å². The minimum absolute atomic E-state index is 0.0335. The number of ether oxygens (including phenoxy) is 1. The van der Waals surface area contributed by atoms with E-state index in [1.54, 1.807) is 17.9 Å². The van der Waals surface area contributed by atoms with E-state index in [4.69, 9.17) is 4.74 Å². The molecule has 0 saturated carbocycles. The van der Waals surface area contributed by atoms with Gasteiger partial charge in [0.1, 0.15) is 11.2 Å². The number of hydrogen-bond acceptors (Lipinski definition) is 4.